The first-order chi connectivity index (χ1) is 12.3. The molecule has 26 heavy (non-hydrogen) atoms. The Morgan fingerprint density at radius 1 is 1.04 bits per heavy atom. The molecule has 0 spiro atoms. The normalized spacial score (nSPS) is 17.6. The third-order valence-electron chi connectivity index (χ3n) is 4.60. The Morgan fingerprint density at radius 2 is 1.69 bits per heavy atom. The summed E-state index contributed by atoms with van der Waals surface area (Å²) in [5, 5.41) is 0.759. The van der Waals surface area contributed by atoms with E-state index in [1.165, 1.54) is 6.07 Å². The summed E-state index contributed by atoms with van der Waals surface area (Å²) in [4.78, 5) is 29.1. The van der Waals surface area contributed by atoms with E-state index in [0.29, 0.717) is 28.7 Å². The fourth-order valence-corrected chi connectivity index (χ4v) is 3.82. The molecule has 3 rings (SSSR count). The van der Waals surface area contributed by atoms with Gasteiger partial charge in [-0.25, -0.2) is 0 Å². The number of carbonyl (C=O) groups excluding carboxylic acids is 2. The fourth-order valence-electron chi connectivity index (χ4n) is 3.33. The van der Waals surface area contributed by atoms with Crippen molar-refractivity contribution in [1.29, 1.82) is 0 Å². The van der Waals surface area contributed by atoms with Crippen LogP contribution < -0.4 is 4.90 Å². The third-order valence-corrected chi connectivity index (χ3v) is 5.14. The average molecular weight is 391 g/mol. The van der Waals surface area contributed by atoms with Crippen molar-refractivity contribution in [3.63, 3.8) is 0 Å². The molecule has 2 amide bonds. The molecule has 0 aliphatic carbocycles. The van der Waals surface area contributed by atoms with Gasteiger partial charge in [-0.05, 0) is 62.2 Å². The summed E-state index contributed by atoms with van der Waals surface area (Å²) in [6, 6.07) is 10.2. The van der Waals surface area contributed by atoms with Crippen LogP contribution in [0.25, 0.3) is 0 Å². The van der Waals surface area contributed by atoms with E-state index in [9.17, 15) is 9.59 Å². The molecule has 4 nitrogen and oxygen atoms in total. The lowest BCUT2D eigenvalue weighted by Crippen LogP contribution is -2.57. The van der Waals surface area contributed by atoms with Gasteiger partial charge < -0.3 is 9.80 Å². The lowest BCUT2D eigenvalue weighted by molar-refractivity contribution is -0.124. The van der Waals surface area contributed by atoms with Crippen LogP contribution in [0.1, 0.15) is 28.4 Å². The monoisotopic (exact) mass is 390 g/mol. The van der Waals surface area contributed by atoms with E-state index in [2.05, 4.69) is 6.07 Å². The van der Waals surface area contributed by atoms with Crippen LogP contribution in [0.15, 0.2) is 36.4 Å². The molecule has 0 aromatic heterocycles. The zero-order chi connectivity index (χ0) is 19.0. The fraction of sp³-hybridized carbons (Fsp3) is 0.300. The van der Waals surface area contributed by atoms with Crippen molar-refractivity contribution in [2.45, 2.75) is 26.8 Å². The van der Waals surface area contributed by atoms with E-state index in [-0.39, 0.29) is 11.8 Å². The van der Waals surface area contributed by atoms with Crippen molar-refractivity contribution in [2.24, 2.45) is 0 Å². The molecule has 1 aliphatic heterocycles. The first-order valence-corrected chi connectivity index (χ1v) is 9.19. The number of hydrogen-bond donors (Lipinski definition) is 0. The summed E-state index contributed by atoms with van der Waals surface area (Å²) in [6.45, 7) is 6.65. The van der Waals surface area contributed by atoms with Gasteiger partial charge in [-0.2, -0.15) is 0 Å². The van der Waals surface area contributed by atoms with Crippen LogP contribution in [0.3, 0.4) is 0 Å². The molecular weight excluding hydrogens is 371 g/mol. The Bertz CT molecular complexity index is 862. The highest BCUT2D eigenvalue weighted by Crippen LogP contribution is 2.27. The molecule has 1 fully saturated rings. The number of aryl methyl sites for hydroxylation is 2. The highest BCUT2D eigenvalue weighted by atomic mass is 35.5. The minimum absolute atomic E-state index is 0.0975. The summed E-state index contributed by atoms with van der Waals surface area (Å²) in [5.74, 6) is -0.354. The number of amides is 2. The molecule has 2 aromatic carbocycles. The van der Waals surface area contributed by atoms with Crippen LogP contribution in [-0.2, 0) is 4.79 Å². The molecule has 1 heterocycles. The maximum atomic E-state index is 12.9. The summed E-state index contributed by atoms with van der Waals surface area (Å²) in [6.07, 6.45) is 0. The van der Waals surface area contributed by atoms with Crippen molar-refractivity contribution < 1.29 is 9.59 Å². The second kappa shape index (κ2) is 7.29. The number of halogens is 2. The van der Waals surface area contributed by atoms with E-state index in [4.69, 9.17) is 23.2 Å². The van der Waals surface area contributed by atoms with Gasteiger partial charge in [0.25, 0.3) is 5.91 Å². The number of benzene rings is 2. The van der Waals surface area contributed by atoms with E-state index >= 15 is 0 Å². The minimum atomic E-state index is -0.566. The van der Waals surface area contributed by atoms with Crippen LogP contribution in [0, 0.1) is 13.8 Å². The van der Waals surface area contributed by atoms with E-state index < -0.39 is 6.04 Å². The van der Waals surface area contributed by atoms with Crippen molar-refractivity contribution >= 4 is 40.7 Å². The van der Waals surface area contributed by atoms with Gasteiger partial charge in [-0.15, -0.1) is 0 Å². The zero-order valence-electron chi connectivity index (χ0n) is 14.9. The van der Waals surface area contributed by atoms with Crippen molar-refractivity contribution in [3.8, 4) is 0 Å². The molecule has 1 atom stereocenters. The van der Waals surface area contributed by atoms with Gasteiger partial charge in [0, 0.05) is 23.8 Å². The second-order valence-electron chi connectivity index (χ2n) is 6.63. The summed E-state index contributed by atoms with van der Waals surface area (Å²) in [5.41, 5.74) is 3.44. The highest BCUT2D eigenvalue weighted by molar-refractivity contribution is 6.36. The number of carbonyl (C=O) groups is 2. The van der Waals surface area contributed by atoms with Crippen LogP contribution in [0.5, 0.6) is 0 Å². The Balaban J connectivity index is 1.84. The maximum absolute atomic E-state index is 12.9. The standard InChI is InChI=1S/C20H20Cl2N2O2/c1-12-8-13(2)10-16(9-12)24-7-6-23(14(3)19(24)25)20(26)17-5-4-15(21)11-18(17)22/h4-5,8-11,14H,6-7H2,1-3H3/t14-/m0/s1. The Hall–Kier alpha value is -2.04. The van der Waals surface area contributed by atoms with Crippen LogP contribution in [-0.4, -0.2) is 35.8 Å². The molecule has 0 N–H and O–H groups in total. The Morgan fingerprint density at radius 3 is 2.31 bits per heavy atom. The van der Waals surface area contributed by atoms with E-state index in [1.54, 1.807) is 28.9 Å². The molecule has 0 radical (unpaired) electrons. The molecule has 6 heteroatoms. The predicted octanol–water partition coefficient (Wildman–Crippen LogP) is 4.49. The van der Waals surface area contributed by atoms with Crippen LogP contribution in [0.2, 0.25) is 10.0 Å². The lowest BCUT2D eigenvalue weighted by Gasteiger charge is -2.39. The van der Waals surface area contributed by atoms with Crippen molar-refractivity contribution in [1.82, 2.24) is 4.90 Å². The first-order valence-electron chi connectivity index (χ1n) is 8.43. The number of nitrogens with zero attached hydrogens (tertiary/aromatic N) is 2. The van der Waals surface area contributed by atoms with Gasteiger partial charge in [0.1, 0.15) is 6.04 Å². The van der Waals surface area contributed by atoms with E-state index in [1.807, 2.05) is 26.0 Å². The van der Waals surface area contributed by atoms with Gasteiger partial charge in [0.15, 0.2) is 0 Å². The number of piperazine rings is 1. The van der Waals surface area contributed by atoms with Crippen LogP contribution >= 0.6 is 23.2 Å². The third kappa shape index (κ3) is 3.57. The SMILES string of the molecule is Cc1cc(C)cc(N2CCN(C(=O)c3ccc(Cl)cc3Cl)[C@@H](C)C2=O)c1. The quantitative estimate of drug-likeness (QED) is 0.757. The molecule has 0 unspecified atom stereocenters. The highest BCUT2D eigenvalue weighted by Gasteiger charge is 2.36. The van der Waals surface area contributed by atoms with Gasteiger partial charge in [0.05, 0.1) is 10.6 Å². The largest absolute Gasteiger partial charge is 0.325 e. The summed E-state index contributed by atoms with van der Waals surface area (Å²) in [7, 11) is 0. The second-order valence-corrected chi connectivity index (χ2v) is 7.48. The maximum Gasteiger partial charge on any atom is 0.256 e. The van der Waals surface area contributed by atoms with Gasteiger partial charge >= 0.3 is 0 Å². The van der Waals surface area contributed by atoms with Gasteiger partial charge in [-0.1, -0.05) is 29.3 Å². The molecule has 0 bridgehead atoms. The molecule has 136 valence electrons. The summed E-state index contributed by atoms with van der Waals surface area (Å²) < 4.78 is 0. The number of anilines is 1. The zero-order valence-corrected chi connectivity index (χ0v) is 16.4. The molecule has 2 aromatic rings. The smallest absolute Gasteiger partial charge is 0.256 e. The van der Waals surface area contributed by atoms with Gasteiger partial charge in [0.2, 0.25) is 5.91 Å². The topological polar surface area (TPSA) is 40.6 Å². The molecule has 1 saturated heterocycles. The molecule has 1 aliphatic rings. The Kier molecular flexibility index (Phi) is 5.26. The van der Waals surface area contributed by atoms with E-state index in [0.717, 1.165) is 16.8 Å². The molecule has 0 saturated carbocycles. The summed E-state index contributed by atoms with van der Waals surface area (Å²) >= 11 is 12.1. The number of rotatable bonds is 2. The van der Waals surface area contributed by atoms with Gasteiger partial charge in [-0.3, -0.25) is 9.59 Å². The van der Waals surface area contributed by atoms with Crippen molar-refractivity contribution in [3.05, 3.63) is 63.1 Å². The Labute approximate surface area is 163 Å². The molecular formula is C20H20Cl2N2O2. The average Bonchev–Trinajstić information content (AvgIpc) is 2.56. The first kappa shape index (κ1) is 18.7. The van der Waals surface area contributed by atoms with Crippen LogP contribution in [0.4, 0.5) is 5.69 Å². The number of hydrogen-bond acceptors (Lipinski definition) is 2. The predicted molar refractivity (Wildman–Crippen MR) is 105 cm³/mol. The lowest BCUT2D eigenvalue weighted by atomic mass is 10.1. The van der Waals surface area contributed by atoms with Crippen molar-refractivity contribution in [2.75, 3.05) is 18.0 Å². The minimum Gasteiger partial charge on any atom is -0.325 e.